The molecule has 1 fully saturated rings. The van der Waals surface area contributed by atoms with Gasteiger partial charge in [-0.1, -0.05) is 18.2 Å². The lowest BCUT2D eigenvalue weighted by Crippen LogP contribution is -2.33. The number of imidazole rings is 1. The normalized spacial score (nSPS) is 17.5. The van der Waals surface area contributed by atoms with Gasteiger partial charge in [0.25, 0.3) is 0 Å². The van der Waals surface area contributed by atoms with Gasteiger partial charge in [0.1, 0.15) is 5.82 Å². The van der Waals surface area contributed by atoms with Crippen molar-refractivity contribution in [1.29, 1.82) is 0 Å². The maximum Gasteiger partial charge on any atom is 0.209 e. The molecule has 0 radical (unpaired) electrons. The summed E-state index contributed by atoms with van der Waals surface area (Å²) in [5, 5.41) is 0. The number of aromatic nitrogens is 2. The summed E-state index contributed by atoms with van der Waals surface area (Å²) < 4.78 is 2.19. The molecule has 1 saturated heterocycles. The highest BCUT2D eigenvalue weighted by atomic mass is 16.1. The lowest BCUT2D eigenvalue weighted by molar-refractivity contribution is -0.119. The first-order chi connectivity index (χ1) is 12.7. The maximum absolute atomic E-state index is 11.2. The molecule has 26 heavy (non-hydrogen) atoms. The molecule has 1 atom stereocenters. The highest BCUT2D eigenvalue weighted by Crippen LogP contribution is 2.32. The highest BCUT2D eigenvalue weighted by Gasteiger charge is 2.25. The monoisotopic (exact) mass is 348 g/mol. The first kappa shape index (κ1) is 16.6. The minimum atomic E-state index is 0.273. The Balaban J connectivity index is 1.82. The van der Waals surface area contributed by atoms with Gasteiger partial charge in [-0.05, 0) is 37.1 Å². The third kappa shape index (κ3) is 2.94. The van der Waals surface area contributed by atoms with Crippen molar-refractivity contribution < 1.29 is 4.79 Å². The quantitative estimate of drug-likeness (QED) is 0.679. The van der Waals surface area contributed by atoms with E-state index in [9.17, 15) is 4.79 Å². The Morgan fingerprint density at radius 3 is 2.88 bits per heavy atom. The molecule has 134 valence electrons. The van der Waals surface area contributed by atoms with Crippen LogP contribution in [0.25, 0.3) is 16.8 Å². The molecular formula is C21H24N4O. The van der Waals surface area contributed by atoms with Gasteiger partial charge in [-0.2, -0.15) is 0 Å². The van der Waals surface area contributed by atoms with Crippen molar-refractivity contribution >= 4 is 17.6 Å². The number of likely N-dealkylation sites (tertiary alicyclic amines) is 1. The van der Waals surface area contributed by atoms with Crippen LogP contribution in [0, 0.1) is 0 Å². The van der Waals surface area contributed by atoms with E-state index in [1.54, 1.807) is 0 Å². The van der Waals surface area contributed by atoms with Crippen LogP contribution in [0.5, 0.6) is 0 Å². The number of benzene rings is 1. The fourth-order valence-corrected chi connectivity index (χ4v) is 3.81. The number of piperidine rings is 1. The van der Waals surface area contributed by atoms with E-state index in [1.165, 1.54) is 0 Å². The molecule has 0 unspecified atom stereocenters. The molecular weight excluding hydrogens is 324 g/mol. The van der Waals surface area contributed by atoms with E-state index in [4.69, 9.17) is 4.98 Å². The maximum atomic E-state index is 11.2. The second-order valence-corrected chi connectivity index (χ2v) is 7.16. The first-order valence-corrected chi connectivity index (χ1v) is 9.11. The van der Waals surface area contributed by atoms with Crippen LogP contribution in [0.4, 0.5) is 5.69 Å². The Labute approximate surface area is 153 Å². The van der Waals surface area contributed by atoms with Crippen LogP contribution in [0.1, 0.15) is 24.6 Å². The van der Waals surface area contributed by atoms with Gasteiger partial charge >= 0.3 is 0 Å². The zero-order chi connectivity index (χ0) is 18.1. The molecule has 0 N–H and O–H groups in total. The number of amides is 1. The molecule has 0 saturated carbocycles. The zero-order valence-electron chi connectivity index (χ0n) is 15.3. The molecule has 1 aromatic carbocycles. The number of fused-ring (bicyclic) bond motifs is 1. The number of anilines is 1. The summed E-state index contributed by atoms with van der Waals surface area (Å²) in [4.78, 5) is 20.2. The second kappa shape index (κ2) is 6.83. The number of hydrogen-bond acceptors (Lipinski definition) is 3. The standard InChI is InChI=1S/C21H24N4O/c1-23(2)18-9-5-7-16(13-18)20-19-10-3-4-12-25(19)21(22-20)17-8-6-11-24(14-17)15-26/h3-5,7,9-10,12-13,15,17H,6,8,11,14H2,1-2H3/t17-/m1/s1. The van der Waals surface area contributed by atoms with E-state index in [0.717, 1.165) is 60.6 Å². The largest absolute Gasteiger partial charge is 0.378 e. The van der Waals surface area contributed by atoms with E-state index in [2.05, 4.69) is 51.9 Å². The minimum absolute atomic E-state index is 0.273. The van der Waals surface area contributed by atoms with E-state index in [1.807, 2.05) is 25.1 Å². The average molecular weight is 348 g/mol. The number of carbonyl (C=O) groups excluding carboxylic acids is 1. The van der Waals surface area contributed by atoms with Gasteiger partial charge in [0, 0.05) is 50.6 Å². The minimum Gasteiger partial charge on any atom is -0.378 e. The Bertz CT molecular complexity index is 931. The lowest BCUT2D eigenvalue weighted by Gasteiger charge is -2.29. The number of nitrogens with zero attached hydrogens (tertiary/aromatic N) is 4. The molecule has 3 aromatic rings. The second-order valence-electron chi connectivity index (χ2n) is 7.16. The van der Waals surface area contributed by atoms with Gasteiger partial charge in [-0.25, -0.2) is 4.98 Å². The molecule has 5 nitrogen and oxygen atoms in total. The fourth-order valence-electron chi connectivity index (χ4n) is 3.81. The van der Waals surface area contributed by atoms with Crippen molar-refractivity contribution in [3.05, 3.63) is 54.5 Å². The summed E-state index contributed by atoms with van der Waals surface area (Å²) >= 11 is 0. The topological polar surface area (TPSA) is 40.9 Å². The molecule has 1 amide bonds. The van der Waals surface area contributed by atoms with Crippen LogP contribution < -0.4 is 4.90 Å². The number of rotatable bonds is 4. The van der Waals surface area contributed by atoms with Crippen molar-refractivity contribution in [3.8, 4) is 11.3 Å². The van der Waals surface area contributed by atoms with Crippen molar-refractivity contribution in [2.75, 3.05) is 32.1 Å². The number of hydrogen-bond donors (Lipinski definition) is 0. The number of carbonyl (C=O) groups is 1. The fraction of sp³-hybridized carbons (Fsp3) is 0.333. The van der Waals surface area contributed by atoms with Crippen LogP contribution in [0.3, 0.4) is 0 Å². The number of pyridine rings is 1. The summed E-state index contributed by atoms with van der Waals surface area (Å²) in [5.74, 6) is 1.33. The van der Waals surface area contributed by atoms with E-state index in [0.29, 0.717) is 0 Å². The van der Waals surface area contributed by atoms with Gasteiger partial charge in [-0.3, -0.25) is 4.79 Å². The molecule has 0 aliphatic carbocycles. The highest BCUT2D eigenvalue weighted by molar-refractivity contribution is 5.79. The van der Waals surface area contributed by atoms with Crippen molar-refractivity contribution in [3.63, 3.8) is 0 Å². The predicted molar refractivity (Wildman–Crippen MR) is 105 cm³/mol. The van der Waals surface area contributed by atoms with Gasteiger partial charge in [0.15, 0.2) is 0 Å². The van der Waals surface area contributed by atoms with Crippen LogP contribution in [0.15, 0.2) is 48.7 Å². The van der Waals surface area contributed by atoms with E-state index < -0.39 is 0 Å². The van der Waals surface area contributed by atoms with Gasteiger partial charge in [0.2, 0.25) is 6.41 Å². The SMILES string of the molecule is CN(C)c1cccc(-c2nc([C@@H]3CCCN(C=O)C3)n3ccccc23)c1. The third-order valence-electron chi connectivity index (χ3n) is 5.18. The Hall–Kier alpha value is -2.82. The molecule has 4 rings (SSSR count). The summed E-state index contributed by atoms with van der Waals surface area (Å²) in [7, 11) is 4.09. The first-order valence-electron chi connectivity index (χ1n) is 9.11. The summed E-state index contributed by atoms with van der Waals surface area (Å²) in [6.45, 7) is 1.59. The molecule has 3 heterocycles. The molecule has 1 aliphatic rings. The van der Waals surface area contributed by atoms with E-state index >= 15 is 0 Å². The Morgan fingerprint density at radius 2 is 2.08 bits per heavy atom. The lowest BCUT2D eigenvalue weighted by atomic mass is 9.97. The smallest absolute Gasteiger partial charge is 0.209 e. The molecule has 1 aliphatic heterocycles. The molecule has 5 heteroatoms. The van der Waals surface area contributed by atoms with Crippen LogP contribution in [-0.4, -0.2) is 47.9 Å². The molecule has 0 spiro atoms. The van der Waals surface area contributed by atoms with Crippen LogP contribution in [-0.2, 0) is 4.79 Å². The van der Waals surface area contributed by atoms with Crippen LogP contribution >= 0.6 is 0 Å². The van der Waals surface area contributed by atoms with Gasteiger partial charge in [0.05, 0.1) is 11.2 Å². The third-order valence-corrected chi connectivity index (χ3v) is 5.18. The summed E-state index contributed by atoms with van der Waals surface area (Å²) in [6.07, 6.45) is 5.13. The molecule has 0 bridgehead atoms. The summed E-state index contributed by atoms with van der Waals surface area (Å²) in [6, 6.07) is 14.7. The van der Waals surface area contributed by atoms with E-state index in [-0.39, 0.29) is 5.92 Å². The summed E-state index contributed by atoms with van der Waals surface area (Å²) in [5.41, 5.74) is 4.40. The predicted octanol–water partition coefficient (Wildman–Crippen LogP) is 3.40. The van der Waals surface area contributed by atoms with Crippen molar-refractivity contribution in [2.45, 2.75) is 18.8 Å². The molecule has 2 aromatic heterocycles. The zero-order valence-corrected chi connectivity index (χ0v) is 15.3. The van der Waals surface area contributed by atoms with Gasteiger partial charge in [-0.15, -0.1) is 0 Å². The van der Waals surface area contributed by atoms with Crippen LogP contribution in [0.2, 0.25) is 0 Å². The Kier molecular flexibility index (Phi) is 4.37. The Morgan fingerprint density at radius 1 is 1.19 bits per heavy atom. The van der Waals surface area contributed by atoms with Crippen molar-refractivity contribution in [1.82, 2.24) is 14.3 Å². The average Bonchev–Trinajstić information content (AvgIpc) is 3.08. The van der Waals surface area contributed by atoms with Gasteiger partial charge < -0.3 is 14.2 Å². The van der Waals surface area contributed by atoms with Crippen molar-refractivity contribution in [2.24, 2.45) is 0 Å².